The van der Waals surface area contributed by atoms with Crippen molar-refractivity contribution in [2.45, 2.75) is 349 Å². The van der Waals surface area contributed by atoms with Crippen LogP contribution in [0.1, 0.15) is 330 Å². The number of rotatable bonds is 65. The Morgan fingerprint density at radius 3 is 0.894 bits per heavy atom. The number of hydrogen-bond donors (Lipinski definition) is 3. The highest BCUT2D eigenvalue weighted by Gasteiger charge is 2.30. The van der Waals surface area contributed by atoms with Crippen molar-refractivity contribution in [2.24, 2.45) is 11.8 Å². The number of phosphoric acid groups is 2. The second-order valence-corrected chi connectivity index (χ2v) is 27.5. The van der Waals surface area contributed by atoms with Crippen LogP contribution < -0.4 is 0 Å². The predicted octanol–water partition coefficient (Wildman–Crippen LogP) is 18.4. The summed E-state index contributed by atoms with van der Waals surface area (Å²) in [6.45, 7) is 9.45. The van der Waals surface area contributed by atoms with Crippen molar-refractivity contribution in [3.63, 3.8) is 0 Å². The third kappa shape index (κ3) is 59.5. The molecule has 0 heterocycles. The van der Waals surface area contributed by atoms with Crippen molar-refractivity contribution in [3.05, 3.63) is 0 Å². The molecule has 504 valence electrons. The van der Waals surface area contributed by atoms with Crippen LogP contribution in [0.2, 0.25) is 0 Å². The molecule has 3 N–H and O–H groups in total. The monoisotopic (exact) mass is 1250 g/mol. The first-order chi connectivity index (χ1) is 40.9. The smallest absolute Gasteiger partial charge is 0.462 e. The van der Waals surface area contributed by atoms with Crippen LogP contribution in [0.5, 0.6) is 0 Å². The van der Waals surface area contributed by atoms with Crippen molar-refractivity contribution in [1.29, 1.82) is 0 Å². The van der Waals surface area contributed by atoms with Gasteiger partial charge >= 0.3 is 39.5 Å². The zero-order valence-corrected chi connectivity index (χ0v) is 56.7. The van der Waals surface area contributed by atoms with E-state index in [1.165, 1.54) is 141 Å². The maximum absolute atomic E-state index is 13.0. The summed E-state index contributed by atoms with van der Waals surface area (Å²) >= 11 is 0. The van der Waals surface area contributed by atoms with Gasteiger partial charge in [0.1, 0.15) is 19.3 Å². The van der Waals surface area contributed by atoms with E-state index in [1.54, 1.807) is 0 Å². The van der Waals surface area contributed by atoms with Crippen molar-refractivity contribution < 1.29 is 80.2 Å². The lowest BCUT2D eigenvalue weighted by molar-refractivity contribution is -0.161. The summed E-state index contributed by atoms with van der Waals surface area (Å²) < 4.78 is 68.1. The lowest BCUT2D eigenvalue weighted by Gasteiger charge is -2.21. The quantitative estimate of drug-likeness (QED) is 0.0222. The van der Waals surface area contributed by atoms with E-state index in [2.05, 4.69) is 41.5 Å². The Balaban J connectivity index is 5.24. The zero-order valence-electron chi connectivity index (χ0n) is 54.9. The van der Waals surface area contributed by atoms with Gasteiger partial charge in [0.05, 0.1) is 26.4 Å². The molecule has 0 aromatic rings. The number of aliphatic hydroxyl groups is 1. The molecule has 3 unspecified atom stereocenters. The summed E-state index contributed by atoms with van der Waals surface area (Å²) in [6.07, 6.45) is 41.7. The van der Waals surface area contributed by atoms with E-state index < -0.39 is 97.5 Å². The van der Waals surface area contributed by atoms with Crippen LogP contribution in [0.25, 0.3) is 0 Å². The molecule has 0 rings (SSSR count). The van der Waals surface area contributed by atoms with Gasteiger partial charge in [-0.3, -0.25) is 37.3 Å². The molecule has 0 amide bonds. The fourth-order valence-corrected chi connectivity index (χ4v) is 11.4. The third-order valence-corrected chi connectivity index (χ3v) is 17.5. The van der Waals surface area contributed by atoms with Crippen LogP contribution in [-0.2, 0) is 65.4 Å². The number of hydrogen-bond acceptors (Lipinski definition) is 15. The highest BCUT2D eigenvalue weighted by Crippen LogP contribution is 2.45. The number of aliphatic hydroxyl groups excluding tert-OH is 1. The third-order valence-electron chi connectivity index (χ3n) is 15.6. The molecule has 19 heteroatoms. The number of carbonyl (C=O) groups is 4. The van der Waals surface area contributed by atoms with Gasteiger partial charge in [0.25, 0.3) is 0 Å². The molecule has 6 atom stereocenters. The molecule has 0 bridgehead atoms. The average Bonchev–Trinajstić information content (AvgIpc) is 3.50. The molecule has 0 aliphatic heterocycles. The topological polar surface area (TPSA) is 237 Å². The maximum Gasteiger partial charge on any atom is 0.472 e. The van der Waals surface area contributed by atoms with Gasteiger partial charge in [-0.25, -0.2) is 9.13 Å². The Morgan fingerprint density at radius 2 is 0.600 bits per heavy atom. The second kappa shape index (κ2) is 58.4. The van der Waals surface area contributed by atoms with Gasteiger partial charge in [0.15, 0.2) is 12.2 Å². The van der Waals surface area contributed by atoms with E-state index >= 15 is 0 Å². The molecule has 0 radical (unpaired) electrons. The minimum absolute atomic E-state index is 0.104. The summed E-state index contributed by atoms with van der Waals surface area (Å²) in [6, 6.07) is 0. The molecular weight excluding hydrogens is 1130 g/mol. The number of phosphoric ester groups is 2. The molecule has 0 aromatic heterocycles. The molecular formula is C66H128O17P2. The normalized spacial score (nSPS) is 14.6. The van der Waals surface area contributed by atoms with Crippen molar-refractivity contribution >= 4 is 39.5 Å². The number of esters is 4. The Morgan fingerprint density at radius 1 is 0.341 bits per heavy atom. The van der Waals surface area contributed by atoms with E-state index in [9.17, 15) is 43.2 Å². The molecule has 0 aliphatic rings. The van der Waals surface area contributed by atoms with E-state index in [1.807, 2.05) is 0 Å². The molecule has 0 saturated heterocycles. The first-order valence-electron chi connectivity index (χ1n) is 34.5. The Labute approximate surface area is 517 Å². The lowest BCUT2D eigenvalue weighted by atomic mass is 9.99. The van der Waals surface area contributed by atoms with E-state index in [0.717, 1.165) is 108 Å². The summed E-state index contributed by atoms with van der Waals surface area (Å²) in [5, 5.41) is 10.5. The highest BCUT2D eigenvalue weighted by atomic mass is 31.2. The summed E-state index contributed by atoms with van der Waals surface area (Å²) in [5.41, 5.74) is 0. The SMILES string of the molecule is CCCCCCCCCCCCCCCCC(=O)O[C@H](COC(=O)CCCCCCCCCCC(C)CC)COP(=O)(O)OC[C@@H](O)COP(=O)(O)OC[C@@H](COC(=O)CCCCCCCCCC)OC(=O)CCCCCCCCCCC(C)C. The standard InChI is InChI=1S/C66H128O17P2/c1-7-10-12-14-16-18-19-20-21-22-23-32-38-44-50-65(70)82-62(55-77-64(69)49-43-37-31-27-25-29-35-41-47-59(6)9-3)57-81-85(74,75)79-53-60(67)52-78-84(72,73)80-56-61(54-76-63(68)48-42-36-30-17-15-13-11-8-2)83-66(71)51-45-39-33-26-24-28-34-40-46-58(4)5/h58-62,67H,7-57H2,1-6H3,(H,72,73)(H,74,75)/t59?,60-,61+,62+/m0/s1. The maximum atomic E-state index is 13.0. The Bertz CT molecular complexity index is 1670. The first-order valence-corrected chi connectivity index (χ1v) is 37.5. The molecule has 0 aromatic carbocycles. The van der Waals surface area contributed by atoms with Gasteiger partial charge < -0.3 is 33.8 Å². The molecule has 0 saturated carbocycles. The molecule has 0 aliphatic carbocycles. The van der Waals surface area contributed by atoms with Gasteiger partial charge in [-0.1, -0.05) is 279 Å². The lowest BCUT2D eigenvalue weighted by Crippen LogP contribution is -2.30. The average molecular weight is 1260 g/mol. The van der Waals surface area contributed by atoms with Crippen LogP contribution in [0.4, 0.5) is 0 Å². The Hall–Kier alpha value is -1.94. The van der Waals surface area contributed by atoms with Gasteiger partial charge in [-0.05, 0) is 37.5 Å². The van der Waals surface area contributed by atoms with Gasteiger partial charge in [-0.15, -0.1) is 0 Å². The fourth-order valence-electron chi connectivity index (χ4n) is 9.85. The summed E-state index contributed by atoms with van der Waals surface area (Å²) in [5.74, 6) is -0.637. The van der Waals surface area contributed by atoms with E-state index in [0.29, 0.717) is 25.7 Å². The molecule has 85 heavy (non-hydrogen) atoms. The predicted molar refractivity (Wildman–Crippen MR) is 340 cm³/mol. The van der Waals surface area contributed by atoms with Crippen molar-refractivity contribution in [3.8, 4) is 0 Å². The fraction of sp³-hybridized carbons (Fsp3) is 0.939. The second-order valence-electron chi connectivity index (χ2n) is 24.6. The number of carbonyl (C=O) groups excluding carboxylic acids is 4. The van der Waals surface area contributed by atoms with Gasteiger partial charge in [-0.2, -0.15) is 0 Å². The molecule has 0 spiro atoms. The minimum atomic E-state index is -4.95. The molecule has 0 fully saturated rings. The highest BCUT2D eigenvalue weighted by molar-refractivity contribution is 7.47. The minimum Gasteiger partial charge on any atom is -0.462 e. The zero-order chi connectivity index (χ0) is 62.9. The van der Waals surface area contributed by atoms with Crippen LogP contribution >= 0.6 is 15.6 Å². The van der Waals surface area contributed by atoms with Crippen LogP contribution in [-0.4, -0.2) is 96.7 Å². The molecule has 17 nitrogen and oxygen atoms in total. The Kier molecular flexibility index (Phi) is 57.1. The number of unbranched alkanes of at least 4 members (excludes halogenated alkanes) is 34. The summed E-state index contributed by atoms with van der Waals surface area (Å²) in [4.78, 5) is 72.3. The van der Waals surface area contributed by atoms with E-state index in [-0.39, 0.29) is 25.7 Å². The van der Waals surface area contributed by atoms with Crippen LogP contribution in [0.3, 0.4) is 0 Å². The van der Waals surface area contributed by atoms with Gasteiger partial charge in [0.2, 0.25) is 0 Å². The van der Waals surface area contributed by atoms with Crippen LogP contribution in [0.15, 0.2) is 0 Å². The van der Waals surface area contributed by atoms with Crippen molar-refractivity contribution in [1.82, 2.24) is 0 Å². The van der Waals surface area contributed by atoms with Crippen molar-refractivity contribution in [2.75, 3.05) is 39.6 Å². The van der Waals surface area contributed by atoms with Crippen LogP contribution in [0, 0.1) is 11.8 Å². The first kappa shape index (κ1) is 83.1. The largest absolute Gasteiger partial charge is 0.472 e. The number of ether oxygens (including phenoxy) is 4. The summed E-state index contributed by atoms with van der Waals surface area (Å²) in [7, 11) is -9.89. The van der Waals surface area contributed by atoms with E-state index in [4.69, 9.17) is 37.0 Å². The van der Waals surface area contributed by atoms with Gasteiger partial charge in [0, 0.05) is 25.7 Å².